The summed E-state index contributed by atoms with van der Waals surface area (Å²) in [4.78, 5) is 18.6. The van der Waals surface area contributed by atoms with Gasteiger partial charge in [-0.2, -0.15) is 0 Å². The van der Waals surface area contributed by atoms with E-state index >= 15 is 0 Å². The first-order chi connectivity index (χ1) is 25.5. The Balaban J connectivity index is 1.56. The van der Waals surface area contributed by atoms with Crippen LogP contribution >= 0.6 is 63.7 Å². The lowest BCUT2D eigenvalue weighted by Crippen LogP contribution is -1.90. The molecule has 7 aromatic rings. The Morgan fingerprint density at radius 1 is 0.365 bits per heavy atom. The number of nitrogens with one attached hydrogen (secondary N) is 2. The first-order valence-corrected chi connectivity index (χ1v) is 19.8. The fourth-order valence-corrected chi connectivity index (χ4v) is 8.92. The summed E-state index contributed by atoms with van der Waals surface area (Å²) in [5, 5.41) is 0. The Bertz CT molecular complexity index is 2750. The molecular weight excluding hydrogens is 904 g/mol. The third-order valence-corrected chi connectivity index (χ3v) is 13.5. The summed E-state index contributed by atoms with van der Waals surface area (Å²) < 4.78 is 3.50. The van der Waals surface area contributed by atoms with Gasteiger partial charge in [-0.1, -0.05) is 121 Å². The Kier molecular flexibility index (Phi) is 8.79. The number of aromatic amines is 2. The van der Waals surface area contributed by atoms with E-state index in [2.05, 4.69) is 195 Å². The number of aromatic nitrogens is 4. The van der Waals surface area contributed by atoms with Gasteiger partial charge in [-0.25, -0.2) is 9.97 Å². The Labute approximate surface area is 334 Å². The van der Waals surface area contributed by atoms with Gasteiger partial charge >= 0.3 is 0 Å². The van der Waals surface area contributed by atoms with E-state index in [0.29, 0.717) is 0 Å². The summed E-state index contributed by atoms with van der Waals surface area (Å²) in [6, 6.07) is 46.0. The molecule has 0 spiro atoms. The molecule has 5 heterocycles. The predicted octanol–water partition coefficient (Wildman–Crippen LogP) is 14.3. The second-order valence-electron chi connectivity index (χ2n) is 12.4. The molecule has 52 heavy (non-hydrogen) atoms. The second-order valence-corrected chi connectivity index (χ2v) is 15.6. The molecule has 0 atom stereocenters. The maximum atomic E-state index is 5.49. The molecule has 4 aromatic carbocycles. The van der Waals surface area contributed by atoms with Gasteiger partial charge < -0.3 is 9.97 Å². The zero-order chi connectivity index (χ0) is 35.3. The van der Waals surface area contributed by atoms with Gasteiger partial charge in [-0.15, -0.1) is 0 Å². The first-order valence-electron chi connectivity index (χ1n) is 16.6. The molecular formula is C44H26Br4N4. The molecule has 9 rings (SSSR count). The summed E-state index contributed by atoms with van der Waals surface area (Å²) in [6.07, 6.45) is 4.23. The molecule has 0 saturated heterocycles. The average Bonchev–Trinajstić information content (AvgIpc) is 3.98. The largest absolute Gasteiger partial charge is 0.354 e. The topological polar surface area (TPSA) is 57.4 Å². The summed E-state index contributed by atoms with van der Waals surface area (Å²) >= 11 is 16.0. The van der Waals surface area contributed by atoms with E-state index in [1.807, 2.05) is 24.3 Å². The molecule has 3 aromatic heterocycles. The number of rotatable bonds is 4. The number of nitrogens with zero attached hydrogens (tertiary/aromatic N) is 2. The van der Waals surface area contributed by atoms with Crippen molar-refractivity contribution in [2.45, 2.75) is 0 Å². The quantitative estimate of drug-likeness (QED) is 0.185. The zero-order valence-corrected chi connectivity index (χ0v) is 33.6. The molecule has 8 bridgehead atoms. The van der Waals surface area contributed by atoms with Crippen LogP contribution in [0.4, 0.5) is 0 Å². The zero-order valence-electron chi connectivity index (χ0n) is 27.3. The van der Waals surface area contributed by atoms with Gasteiger partial charge in [-0.3, -0.25) is 0 Å². The van der Waals surface area contributed by atoms with E-state index in [4.69, 9.17) is 9.97 Å². The highest BCUT2D eigenvalue weighted by atomic mass is 79.9. The van der Waals surface area contributed by atoms with Crippen LogP contribution in [-0.2, 0) is 0 Å². The van der Waals surface area contributed by atoms with Gasteiger partial charge in [0, 0.05) is 33.3 Å². The van der Waals surface area contributed by atoms with Gasteiger partial charge in [0.2, 0.25) is 0 Å². The second kappa shape index (κ2) is 13.7. The van der Waals surface area contributed by atoms with E-state index in [-0.39, 0.29) is 0 Å². The molecule has 0 radical (unpaired) electrons. The Hall–Kier alpha value is -4.60. The van der Waals surface area contributed by atoms with E-state index in [1.165, 1.54) is 0 Å². The highest BCUT2D eigenvalue weighted by Crippen LogP contribution is 2.49. The minimum Gasteiger partial charge on any atom is -0.354 e. The molecule has 2 aliphatic heterocycles. The lowest BCUT2D eigenvalue weighted by molar-refractivity contribution is 1.31. The van der Waals surface area contributed by atoms with Crippen molar-refractivity contribution in [2.75, 3.05) is 0 Å². The first kappa shape index (κ1) is 33.3. The fraction of sp³-hybridized carbons (Fsp3) is 0. The average molecular weight is 930 g/mol. The highest BCUT2D eigenvalue weighted by Gasteiger charge is 2.27. The monoisotopic (exact) mass is 926 g/mol. The number of hydrogen-bond acceptors (Lipinski definition) is 2. The van der Waals surface area contributed by atoms with Crippen molar-refractivity contribution in [2.24, 2.45) is 0 Å². The van der Waals surface area contributed by atoms with E-state index in [9.17, 15) is 0 Å². The van der Waals surface area contributed by atoms with Crippen LogP contribution in [0.15, 0.2) is 142 Å². The number of halogens is 4. The maximum Gasteiger partial charge on any atom is 0.0891 e. The lowest BCUT2D eigenvalue weighted by Gasteiger charge is -2.07. The molecule has 2 N–H and O–H groups in total. The van der Waals surface area contributed by atoms with Gasteiger partial charge in [0.25, 0.3) is 0 Å². The van der Waals surface area contributed by atoms with E-state index in [0.717, 1.165) is 107 Å². The van der Waals surface area contributed by atoms with Crippen LogP contribution in [0.2, 0.25) is 0 Å². The standard InChI is InChI=1S/C44H26Br4N4/c45-37-39(47)43-36(28-19-11-4-12-20-28)44-40(48)38(46)42(52-44)35(27-17-9-3-10-18-27)32-24-22-30(50-32)33(25-13-5-1-6-14-25)29-21-23-31(49-29)34(41(37)51-43)26-15-7-2-8-16-26/h1-24,49,52H. The van der Waals surface area contributed by atoms with Crippen molar-refractivity contribution >= 4 is 107 Å². The fourth-order valence-electron chi connectivity index (χ4n) is 6.98. The number of benzene rings is 4. The normalized spacial score (nSPS) is 12.5. The molecule has 0 unspecified atom stereocenters. The van der Waals surface area contributed by atoms with Gasteiger partial charge in [0.15, 0.2) is 0 Å². The van der Waals surface area contributed by atoms with Crippen molar-refractivity contribution in [1.82, 2.24) is 19.9 Å². The minimum absolute atomic E-state index is 0.799. The molecule has 250 valence electrons. The molecule has 0 aliphatic carbocycles. The molecule has 4 nitrogen and oxygen atoms in total. The lowest BCUT2D eigenvalue weighted by atomic mass is 10.0. The van der Waals surface area contributed by atoms with Crippen molar-refractivity contribution in [1.29, 1.82) is 0 Å². The summed E-state index contributed by atoms with van der Waals surface area (Å²) in [7, 11) is 0. The van der Waals surface area contributed by atoms with Crippen LogP contribution in [0.3, 0.4) is 0 Å². The van der Waals surface area contributed by atoms with Crippen molar-refractivity contribution in [3.05, 3.63) is 165 Å². The van der Waals surface area contributed by atoms with E-state index < -0.39 is 0 Å². The third kappa shape index (κ3) is 5.69. The number of H-pyrrole nitrogens is 2. The summed E-state index contributed by atoms with van der Waals surface area (Å²) in [5.41, 5.74) is 15.1. The van der Waals surface area contributed by atoms with Crippen LogP contribution in [0.5, 0.6) is 0 Å². The van der Waals surface area contributed by atoms with Crippen LogP contribution in [0.1, 0.15) is 22.8 Å². The summed E-state index contributed by atoms with van der Waals surface area (Å²) in [6.45, 7) is 0. The Morgan fingerprint density at radius 3 is 1.27 bits per heavy atom. The van der Waals surface area contributed by atoms with Crippen LogP contribution in [-0.4, -0.2) is 19.9 Å². The number of hydrogen-bond donors (Lipinski definition) is 2. The molecule has 8 heteroatoms. The van der Waals surface area contributed by atoms with Gasteiger partial charge in [0.1, 0.15) is 0 Å². The highest BCUT2D eigenvalue weighted by molar-refractivity contribution is 9.18. The molecule has 2 aliphatic rings. The molecule has 0 saturated carbocycles. The predicted molar refractivity (Wildman–Crippen MR) is 232 cm³/mol. The molecule has 0 amide bonds. The van der Waals surface area contributed by atoms with Crippen LogP contribution in [0, 0.1) is 0 Å². The van der Waals surface area contributed by atoms with Gasteiger partial charge in [0.05, 0.1) is 51.7 Å². The van der Waals surface area contributed by atoms with Crippen LogP contribution < -0.4 is 0 Å². The SMILES string of the molecule is BrC1=C(Br)c2nc1c(-c1ccccc1)c1ccc([nH]1)c(-c1ccccc1)c1nc(c(-c3ccccc3)c3[nH]c(c(Br)c3Br)c2-c2ccccc2)C=C1. The molecule has 0 fully saturated rings. The Morgan fingerprint density at radius 2 is 0.750 bits per heavy atom. The van der Waals surface area contributed by atoms with E-state index in [1.54, 1.807) is 0 Å². The van der Waals surface area contributed by atoms with Crippen molar-refractivity contribution < 1.29 is 0 Å². The third-order valence-electron chi connectivity index (χ3n) is 9.31. The number of fused-ring (bicyclic) bond motifs is 8. The minimum atomic E-state index is 0.799. The van der Waals surface area contributed by atoms with Crippen molar-refractivity contribution in [3.8, 4) is 44.5 Å². The van der Waals surface area contributed by atoms with Crippen molar-refractivity contribution in [3.63, 3.8) is 0 Å². The van der Waals surface area contributed by atoms with Gasteiger partial charge in [-0.05, 0) is 110 Å². The maximum absolute atomic E-state index is 5.49. The van der Waals surface area contributed by atoms with Crippen LogP contribution in [0.25, 0.3) is 87.7 Å². The smallest absolute Gasteiger partial charge is 0.0891 e. The summed E-state index contributed by atoms with van der Waals surface area (Å²) in [5.74, 6) is 0.